The van der Waals surface area contributed by atoms with E-state index in [1.165, 1.54) is 12.8 Å². The highest BCUT2D eigenvalue weighted by atomic mass is 32.2. The second kappa shape index (κ2) is 8.96. The number of urea groups is 1. The lowest BCUT2D eigenvalue weighted by molar-refractivity contribution is 0.262. The average molecular weight is 406 g/mol. The normalized spacial score (nSPS) is 13.3. The van der Waals surface area contributed by atoms with Crippen LogP contribution < -0.4 is 15.5 Å². The van der Waals surface area contributed by atoms with Crippen LogP contribution in [0.5, 0.6) is 0 Å². The van der Waals surface area contributed by atoms with E-state index < -0.39 is 0 Å². The minimum absolute atomic E-state index is 0.282. The molecule has 0 spiro atoms. The molecule has 0 atom stereocenters. The largest absolute Gasteiger partial charge is 0.355 e. The van der Waals surface area contributed by atoms with Crippen LogP contribution in [0.4, 0.5) is 22.0 Å². The molecule has 1 fully saturated rings. The van der Waals surface area contributed by atoms with Gasteiger partial charge in [0.25, 0.3) is 0 Å². The topological polar surface area (TPSA) is 70.2 Å². The Morgan fingerprint density at radius 3 is 2.34 bits per heavy atom. The second-order valence-corrected chi connectivity index (χ2v) is 7.74. The van der Waals surface area contributed by atoms with Crippen LogP contribution in [-0.4, -0.2) is 35.6 Å². The molecule has 0 bridgehead atoms. The van der Waals surface area contributed by atoms with E-state index in [9.17, 15) is 4.79 Å². The van der Waals surface area contributed by atoms with Crippen LogP contribution in [-0.2, 0) is 0 Å². The minimum atomic E-state index is -0.282. The molecule has 29 heavy (non-hydrogen) atoms. The summed E-state index contributed by atoms with van der Waals surface area (Å²) in [5, 5.41) is 14.5. The molecule has 1 saturated heterocycles. The summed E-state index contributed by atoms with van der Waals surface area (Å²) in [6.07, 6.45) is 4.42. The van der Waals surface area contributed by atoms with Crippen molar-refractivity contribution in [3.05, 3.63) is 60.7 Å². The van der Waals surface area contributed by atoms with Crippen LogP contribution in [0.25, 0.3) is 11.3 Å². The van der Waals surface area contributed by atoms with Crippen LogP contribution in [0, 0.1) is 0 Å². The number of anilines is 3. The fourth-order valence-corrected chi connectivity index (χ4v) is 3.80. The van der Waals surface area contributed by atoms with Gasteiger partial charge in [0.2, 0.25) is 0 Å². The number of aromatic nitrogens is 2. The monoisotopic (exact) mass is 405 g/mol. The SMILES string of the molecule is CSc1cccc(NC(=O)Nc2cccc(-c3ccc(N4CCCC4)nn3)c2)c1. The lowest BCUT2D eigenvalue weighted by Crippen LogP contribution is -2.19. The number of carbonyl (C=O) groups is 1. The van der Waals surface area contributed by atoms with Gasteiger partial charge >= 0.3 is 6.03 Å². The van der Waals surface area contributed by atoms with Crippen molar-refractivity contribution in [2.75, 3.05) is 34.9 Å². The maximum atomic E-state index is 12.4. The Morgan fingerprint density at radius 1 is 0.931 bits per heavy atom. The van der Waals surface area contributed by atoms with Crippen LogP contribution in [0.3, 0.4) is 0 Å². The van der Waals surface area contributed by atoms with Gasteiger partial charge in [0.05, 0.1) is 5.69 Å². The van der Waals surface area contributed by atoms with E-state index in [-0.39, 0.29) is 6.03 Å². The van der Waals surface area contributed by atoms with Gasteiger partial charge in [-0.15, -0.1) is 22.0 Å². The molecule has 0 aliphatic carbocycles. The van der Waals surface area contributed by atoms with Gasteiger partial charge in [-0.1, -0.05) is 18.2 Å². The molecule has 0 radical (unpaired) electrons. The Hall–Kier alpha value is -3.06. The van der Waals surface area contributed by atoms with Gasteiger partial charge in [0.15, 0.2) is 5.82 Å². The van der Waals surface area contributed by atoms with Crippen molar-refractivity contribution >= 4 is 35.0 Å². The van der Waals surface area contributed by atoms with Crippen LogP contribution in [0.1, 0.15) is 12.8 Å². The molecule has 2 heterocycles. The number of benzene rings is 2. The molecule has 2 N–H and O–H groups in total. The zero-order valence-electron chi connectivity index (χ0n) is 16.3. The van der Waals surface area contributed by atoms with Crippen molar-refractivity contribution in [3.8, 4) is 11.3 Å². The van der Waals surface area contributed by atoms with E-state index in [4.69, 9.17) is 0 Å². The number of amides is 2. The number of carbonyl (C=O) groups excluding carboxylic acids is 1. The molecule has 2 amide bonds. The number of nitrogens with one attached hydrogen (secondary N) is 2. The van der Waals surface area contributed by atoms with Gasteiger partial charge in [0, 0.05) is 34.9 Å². The molecule has 2 aromatic carbocycles. The first-order chi connectivity index (χ1) is 14.2. The maximum Gasteiger partial charge on any atom is 0.323 e. The Morgan fingerprint density at radius 2 is 1.66 bits per heavy atom. The predicted molar refractivity (Wildman–Crippen MR) is 120 cm³/mol. The molecular weight excluding hydrogens is 382 g/mol. The van der Waals surface area contributed by atoms with Crippen LogP contribution >= 0.6 is 11.8 Å². The van der Waals surface area contributed by atoms with Gasteiger partial charge in [-0.3, -0.25) is 0 Å². The number of rotatable bonds is 5. The molecule has 7 heteroatoms. The standard InChI is InChI=1S/C22H23N5OS/c1-29-19-9-5-8-18(15-19)24-22(28)23-17-7-4-6-16(14-17)20-10-11-21(26-25-20)27-12-2-3-13-27/h4-11,14-15H,2-3,12-13H2,1H3,(H2,23,24,28). The number of thioether (sulfide) groups is 1. The highest BCUT2D eigenvalue weighted by molar-refractivity contribution is 7.98. The highest BCUT2D eigenvalue weighted by Crippen LogP contribution is 2.24. The quantitative estimate of drug-likeness (QED) is 0.577. The molecular formula is C22H23N5OS. The molecule has 6 nitrogen and oxygen atoms in total. The molecule has 3 aromatic rings. The summed E-state index contributed by atoms with van der Waals surface area (Å²) >= 11 is 1.63. The summed E-state index contributed by atoms with van der Waals surface area (Å²) in [7, 11) is 0. The second-order valence-electron chi connectivity index (χ2n) is 6.86. The van der Waals surface area contributed by atoms with E-state index in [1.54, 1.807) is 11.8 Å². The van der Waals surface area contributed by atoms with E-state index in [1.807, 2.05) is 66.9 Å². The van der Waals surface area contributed by atoms with E-state index >= 15 is 0 Å². The third-order valence-electron chi connectivity index (χ3n) is 4.82. The first kappa shape index (κ1) is 19.3. The molecule has 1 aromatic heterocycles. The molecule has 148 valence electrons. The fraction of sp³-hybridized carbons (Fsp3) is 0.227. The lowest BCUT2D eigenvalue weighted by atomic mass is 10.1. The summed E-state index contributed by atoms with van der Waals surface area (Å²) < 4.78 is 0. The summed E-state index contributed by atoms with van der Waals surface area (Å²) in [5.74, 6) is 0.924. The van der Waals surface area contributed by atoms with Crippen molar-refractivity contribution in [2.24, 2.45) is 0 Å². The Labute approximate surface area is 174 Å². The van der Waals surface area contributed by atoms with E-state index in [0.29, 0.717) is 5.69 Å². The zero-order chi connectivity index (χ0) is 20.1. The zero-order valence-corrected chi connectivity index (χ0v) is 17.1. The third-order valence-corrected chi connectivity index (χ3v) is 5.55. The summed E-state index contributed by atoms with van der Waals surface area (Å²) in [6, 6.07) is 19.1. The van der Waals surface area contributed by atoms with Crippen molar-refractivity contribution in [1.82, 2.24) is 10.2 Å². The molecule has 0 unspecified atom stereocenters. The van der Waals surface area contributed by atoms with Crippen molar-refractivity contribution in [3.63, 3.8) is 0 Å². The van der Waals surface area contributed by atoms with Gasteiger partial charge in [0.1, 0.15) is 0 Å². The predicted octanol–water partition coefficient (Wildman–Crippen LogP) is 5.11. The molecule has 0 saturated carbocycles. The molecule has 4 rings (SSSR count). The smallest absolute Gasteiger partial charge is 0.323 e. The Kier molecular flexibility index (Phi) is 5.95. The van der Waals surface area contributed by atoms with Gasteiger partial charge in [-0.25, -0.2) is 4.79 Å². The van der Waals surface area contributed by atoms with Crippen LogP contribution in [0.2, 0.25) is 0 Å². The first-order valence-electron chi connectivity index (χ1n) is 9.62. The van der Waals surface area contributed by atoms with Crippen molar-refractivity contribution in [1.29, 1.82) is 0 Å². The highest BCUT2D eigenvalue weighted by Gasteiger charge is 2.14. The third kappa shape index (κ3) is 4.86. The fourth-order valence-electron chi connectivity index (χ4n) is 3.34. The van der Waals surface area contributed by atoms with Gasteiger partial charge in [-0.2, -0.15) is 0 Å². The lowest BCUT2D eigenvalue weighted by Gasteiger charge is -2.15. The summed E-state index contributed by atoms with van der Waals surface area (Å²) in [4.78, 5) is 15.7. The number of hydrogen-bond donors (Lipinski definition) is 2. The molecule has 1 aliphatic rings. The maximum absolute atomic E-state index is 12.4. The average Bonchev–Trinajstić information content (AvgIpc) is 3.29. The minimum Gasteiger partial charge on any atom is -0.355 e. The number of nitrogens with zero attached hydrogens (tertiary/aromatic N) is 3. The van der Waals surface area contributed by atoms with E-state index in [2.05, 4.69) is 25.7 Å². The van der Waals surface area contributed by atoms with Gasteiger partial charge in [-0.05, 0) is 61.6 Å². The van der Waals surface area contributed by atoms with Gasteiger partial charge < -0.3 is 15.5 Å². The van der Waals surface area contributed by atoms with Crippen molar-refractivity contribution < 1.29 is 4.79 Å². The first-order valence-corrected chi connectivity index (χ1v) is 10.8. The Bertz CT molecular complexity index is 987. The van der Waals surface area contributed by atoms with Crippen LogP contribution in [0.15, 0.2) is 65.6 Å². The summed E-state index contributed by atoms with van der Waals surface area (Å²) in [5.41, 5.74) is 3.15. The molecule has 1 aliphatic heterocycles. The Balaban J connectivity index is 1.43. The van der Waals surface area contributed by atoms with Crippen molar-refractivity contribution in [2.45, 2.75) is 17.7 Å². The number of hydrogen-bond acceptors (Lipinski definition) is 5. The van der Waals surface area contributed by atoms with E-state index in [0.717, 1.165) is 40.7 Å². The summed E-state index contributed by atoms with van der Waals surface area (Å²) in [6.45, 7) is 2.09.